The fraction of sp³-hybridized carbons (Fsp3) is 0.778. The van der Waals surface area contributed by atoms with Crippen LogP contribution in [0.1, 0.15) is 20.8 Å². The summed E-state index contributed by atoms with van der Waals surface area (Å²) in [6.45, 7) is 6.25. The molecule has 76 valence electrons. The van der Waals surface area contributed by atoms with E-state index in [0.717, 1.165) is 0 Å². The average molecular weight is 186 g/mol. The Bertz CT molecular complexity index is 190. The smallest absolute Gasteiger partial charge is 0.239 e. The number of nitrogens with zero attached hydrogens (tertiary/aromatic N) is 1. The second kappa shape index (κ2) is 5.56. The highest BCUT2D eigenvalue weighted by molar-refractivity contribution is 5.85. The molecule has 0 saturated carbocycles. The van der Waals surface area contributed by atoms with Crippen LogP contribution in [0.4, 0.5) is 0 Å². The van der Waals surface area contributed by atoms with Gasteiger partial charge in [-0.25, -0.2) is 0 Å². The maximum atomic E-state index is 11.5. The van der Waals surface area contributed by atoms with Crippen molar-refractivity contribution in [3.05, 3.63) is 0 Å². The number of amides is 2. The van der Waals surface area contributed by atoms with Crippen LogP contribution in [0.15, 0.2) is 0 Å². The topological polar surface area (TPSA) is 49.4 Å². The lowest BCUT2D eigenvalue weighted by molar-refractivity contribution is -0.138. The predicted octanol–water partition coefficient (Wildman–Crippen LogP) is 0.237. The number of likely N-dealkylation sites (N-methyl/N-ethyl adjacent to an activating group) is 2. The van der Waals surface area contributed by atoms with Crippen LogP contribution < -0.4 is 5.32 Å². The van der Waals surface area contributed by atoms with Crippen molar-refractivity contribution < 1.29 is 9.59 Å². The van der Waals surface area contributed by atoms with E-state index < -0.39 is 0 Å². The van der Waals surface area contributed by atoms with Crippen molar-refractivity contribution in [2.24, 2.45) is 5.92 Å². The molecular formula is C9H18N2O2. The number of rotatable bonds is 4. The van der Waals surface area contributed by atoms with E-state index in [9.17, 15) is 9.59 Å². The van der Waals surface area contributed by atoms with Gasteiger partial charge >= 0.3 is 0 Å². The quantitative estimate of drug-likeness (QED) is 0.683. The third kappa shape index (κ3) is 3.92. The molecule has 0 aliphatic carbocycles. The monoisotopic (exact) mass is 186 g/mol. The van der Waals surface area contributed by atoms with Gasteiger partial charge < -0.3 is 10.2 Å². The van der Waals surface area contributed by atoms with Gasteiger partial charge in [-0.2, -0.15) is 0 Å². The Balaban J connectivity index is 4.18. The first-order chi connectivity index (χ1) is 6.02. The average Bonchev–Trinajstić information content (AvgIpc) is 2.12. The molecule has 4 heteroatoms. The van der Waals surface area contributed by atoms with Crippen molar-refractivity contribution in [1.82, 2.24) is 10.2 Å². The Morgan fingerprint density at radius 1 is 1.38 bits per heavy atom. The lowest BCUT2D eigenvalue weighted by Gasteiger charge is -2.21. The van der Waals surface area contributed by atoms with Crippen molar-refractivity contribution in [1.29, 1.82) is 0 Å². The van der Waals surface area contributed by atoms with Crippen LogP contribution >= 0.6 is 0 Å². The van der Waals surface area contributed by atoms with Gasteiger partial charge in [0.1, 0.15) is 0 Å². The molecule has 0 aliphatic heterocycles. The Hall–Kier alpha value is -1.06. The Morgan fingerprint density at radius 3 is 2.23 bits per heavy atom. The minimum atomic E-state index is -0.129. The van der Waals surface area contributed by atoms with Crippen molar-refractivity contribution in [3.63, 3.8) is 0 Å². The van der Waals surface area contributed by atoms with Crippen LogP contribution in [0.2, 0.25) is 0 Å². The Labute approximate surface area is 79.3 Å². The third-order valence-electron chi connectivity index (χ3n) is 1.80. The van der Waals surface area contributed by atoms with Crippen LogP contribution in [-0.2, 0) is 9.59 Å². The molecule has 0 heterocycles. The summed E-state index contributed by atoms with van der Waals surface area (Å²) in [6, 6.07) is 0. The minimum Gasteiger partial charge on any atom is -0.358 e. The van der Waals surface area contributed by atoms with Crippen LogP contribution in [-0.4, -0.2) is 36.9 Å². The van der Waals surface area contributed by atoms with Crippen molar-refractivity contribution in [2.45, 2.75) is 20.8 Å². The van der Waals surface area contributed by atoms with E-state index in [2.05, 4.69) is 5.32 Å². The SMILES string of the molecule is CCN(CC(=O)NC)C(=O)C(C)C. The fourth-order valence-electron chi connectivity index (χ4n) is 0.963. The molecule has 1 N–H and O–H groups in total. The maximum absolute atomic E-state index is 11.5. The van der Waals surface area contributed by atoms with Gasteiger partial charge in [-0.1, -0.05) is 13.8 Å². The second-order valence-corrected chi connectivity index (χ2v) is 3.18. The zero-order chi connectivity index (χ0) is 10.4. The van der Waals surface area contributed by atoms with Gasteiger partial charge in [0, 0.05) is 19.5 Å². The van der Waals surface area contributed by atoms with Gasteiger partial charge in [-0.3, -0.25) is 9.59 Å². The summed E-state index contributed by atoms with van der Waals surface area (Å²) in [5.41, 5.74) is 0. The van der Waals surface area contributed by atoms with Gasteiger partial charge in [0.05, 0.1) is 6.54 Å². The maximum Gasteiger partial charge on any atom is 0.239 e. The fourth-order valence-corrected chi connectivity index (χ4v) is 0.963. The second-order valence-electron chi connectivity index (χ2n) is 3.18. The first kappa shape index (κ1) is 11.9. The molecule has 0 saturated heterocycles. The molecule has 0 rings (SSSR count). The van der Waals surface area contributed by atoms with E-state index in [4.69, 9.17) is 0 Å². The molecule has 4 nitrogen and oxygen atoms in total. The van der Waals surface area contributed by atoms with Crippen LogP contribution in [0, 0.1) is 5.92 Å². The van der Waals surface area contributed by atoms with E-state index in [1.165, 1.54) is 0 Å². The Morgan fingerprint density at radius 2 is 1.92 bits per heavy atom. The highest BCUT2D eigenvalue weighted by Gasteiger charge is 2.17. The van der Waals surface area contributed by atoms with Gasteiger partial charge in [0.25, 0.3) is 0 Å². The highest BCUT2D eigenvalue weighted by atomic mass is 16.2. The summed E-state index contributed by atoms with van der Waals surface area (Å²) in [7, 11) is 1.57. The first-order valence-corrected chi connectivity index (χ1v) is 4.52. The highest BCUT2D eigenvalue weighted by Crippen LogP contribution is 2.00. The molecule has 13 heavy (non-hydrogen) atoms. The molecular weight excluding hydrogens is 168 g/mol. The number of hydrogen-bond donors (Lipinski definition) is 1. The van der Waals surface area contributed by atoms with Gasteiger partial charge in [-0.15, -0.1) is 0 Å². The minimum absolute atomic E-state index is 0.0195. The molecule has 0 aromatic heterocycles. The zero-order valence-corrected chi connectivity index (χ0v) is 8.76. The van der Waals surface area contributed by atoms with Crippen molar-refractivity contribution in [3.8, 4) is 0 Å². The van der Waals surface area contributed by atoms with E-state index in [0.29, 0.717) is 6.54 Å². The molecule has 0 fully saturated rings. The molecule has 0 aromatic rings. The van der Waals surface area contributed by atoms with Gasteiger partial charge in [0.15, 0.2) is 0 Å². The van der Waals surface area contributed by atoms with Crippen LogP contribution in [0.5, 0.6) is 0 Å². The molecule has 2 amide bonds. The number of carbonyl (C=O) groups is 2. The van der Waals surface area contributed by atoms with Crippen molar-refractivity contribution in [2.75, 3.05) is 20.1 Å². The first-order valence-electron chi connectivity index (χ1n) is 4.52. The molecule has 0 bridgehead atoms. The molecule has 0 spiro atoms. The van der Waals surface area contributed by atoms with E-state index in [1.54, 1.807) is 11.9 Å². The molecule has 0 radical (unpaired) electrons. The summed E-state index contributed by atoms with van der Waals surface area (Å²) in [5, 5.41) is 2.49. The number of carbonyl (C=O) groups excluding carboxylic acids is 2. The van der Waals surface area contributed by atoms with Crippen molar-refractivity contribution >= 4 is 11.8 Å². The molecule has 0 atom stereocenters. The van der Waals surface area contributed by atoms with E-state index >= 15 is 0 Å². The largest absolute Gasteiger partial charge is 0.358 e. The molecule has 0 aliphatic rings. The lowest BCUT2D eigenvalue weighted by atomic mass is 10.2. The van der Waals surface area contributed by atoms with E-state index in [-0.39, 0.29) is 24.3 Å². The summed E-state index contributed by atoms with van der Waals surface area (Å²) in [6.07, 6.45) is 0. The summed E-state index contributed by atoms with van der Waals surface area (Å²) in [4.78, 5) is 24.0. The summed E-state index contributed by atoms with van der Waals surface area (Å²) < 4.78 is 0. The third-order valence-corrected chi connectivity index (χ3v) is 1.80. The molecule has 0 unspecified atom stereocenters. The van der Waals surface area contributed by atoms with Gasteiger partial charge in [-0.05, 0) is 6.92 Å². The Kier molecular flexibility index (Phi) is 5.11. The summed E-state index contributed by atoms with van der Waals surface area (Å²) in [5.74, 6) is -0.161. The number of hydrogen-bond acceptors (Lipinski definition) is 2. The lowest BCUT2D eigenvalue weighted by Crippen LogP contribution is -2.41. The van der Waals surface area contributed by atoms with Crippen LogP contribution in [0.25, 0.3) is 0 Å². The standard InChI is InChI=1S/C9H18N2O2/c1-5-11(6-8(12)10-4)9(13)7(2)3/h7H,5-6H2,1-4H3,(H,10,12). The summed E-state index contributed by atoms with van der Waals surface area (Å²) >= 11 is 0. The zero-order valence-electron chi connectivity index (χ0n) is 8.76. The normalized spacial score (nSPS) is 9.92. The number of nitrogens with one attached hydrogen (secondary N) is 1. The van der Waals surface area contributed by atoms with Crippen LogP contribution in [0.3, 0.4) is 0 Å². The molecule has 0 aromatic carbocycles. The van der Waals surface area contributed by atoms with E-state index in [1.807, 2.05) is 20.8 Å². The predicted molar refractivity (Wildman–Crippen MR) is 51.2 cm³/mol. The van der Waals surface area contributed by atoms with Gasteiger partial charge in [0.2, 0.25) is 11.8 Å².